The molecule has 2 aliphatic rings. The van der Waals surface area contributed by atoms with Crippen LogP contribution in [0.25, 0.3) is 0 Å². The third-order valence-corrected chi connectivity index (χ3v) is 4.10. The van der Waals surface area contributed by atoms with E-state index in [0.29, 0.717) is 5.96 Å². The molecule has 1 unspecified atom stereocenters. The monoisotopic (exact) mass is 264 g/mol. The van der Waals surface area contributed by atoms with Gasteiger partial charge in [-0.3, -0.25) is 4.99 Å². The summed E-state index contributed by atoms with van der Waals surface area (Å²) in [5, 5.41) is 0.742. The van der Waals surface area contributed by atoms with E-state index in [2.05, 4.69) is 21.8 Å². The highest BCUT2D eigenvalue weighted by atomic mass is 35.5. The van der Waals surface area contributed by atoms with Crippen molar-refractivity contribution >= 4 is 23.2 Å². The first-order valence-corrected chi connectivity index (χ1v) is 6.53. The van der Waals surface area contributed by atoms with Crippen LogP contribution in [0.4, 0.5) is 5.69 Å². The van der Waals surface area contributed by atoms with Crippen molar-refractivity contribution in [1.29, 1.82) is 0 Å². The van der Waals surface area contributed by atoms with Crippen LogP contribution in [0.3, 0.4) is 0 Å². The lowest BCUT2D eigenvalue weighted by molar-refractivity contribution is 0.379. The number of likely N-dealkylation sites (tertiary alicyclic amines) is 1. The zero-order chi connectivity index (χ0) is 12.8. The van der Waals surface area contributed by atoms with Crippen LogP contribution in [-0.2, 0) is 0 Å². The van der Waals surface area contributed by atoms with Gasteiger partial charge in [0.15, 0.2) is 5.96 Å². The number of guanidine groups is 1. The fourth-order valence-corrected chi connectivity index (χ4v) is 3.11. The molecule has 1 fully saturated rings. The number of nitrogens with zero attached hydrogens (tertiary/aromatic N) is 3. The second-order valence-electron chi connectivity index (χ2n) is 5.20. The van der Waals surface area contributed by atoms with Crippen LogP contribution in [0.1, 0.15) is 6.42 Å². The van der Waals surface area contributed by atoms with E-state index in [-0.39, 0.29) is 5.54 Å². The molecule has 0 radical (unpaired) electrons. The number of benzene rings is 1. The zero-order valence-electron chi connectivity index (χ0n) is 10.4. The lowest BCUT2D eigenvalue weighted by atomic mass is 9.97. The molecule has 1 atom stereocenters. The fourth-order valence-electron chi connectivity index (χ4n) is 2.98. The second kappa shape index (κ2) is 4.14. The quantitative estimate of drug-likeness (QED) is 0.837. The molecule has 4 nitrogen and oxygen atoms in total. The molecule has 2 heterocycles. The number of halogens is 1. The lowest BCUT2D eigenvalue weighted by Crippen LogP contribution is -2.53. The summed E-state index contributed by atoms with van der Waals surface area (Å²) in [4.78, 5) is 8.95. The molecule has 96 valence electrons. The first-order chi connectivity index (χ1) is 8.61. The van der Waals surface area contributed by atoms with E-state index in [0.717, 1.165) is 36.8 Å². The molecule has 1 spiro atoms. The summed E-state index contributed by atoms with van der Waals surface area (Å²) in [7, 11) is 2.14. The molecule has 2 aliphatic heterocycles. The summed E-state index contributed by atoms with van der Waals surface area (Å²) < 4.78 is 0. The number of likely N-dealkylation sites (N-methyl/N-ethyl adjacent to an activating group) is 1. The average Bonchev–Trinajstić information content (AvgIpc) is 2.86. The summed E-state index contributed by atoms with van der Waals surface area (Å²) in [6.45, 7) is 2.87. The van der Waals surface area contributed by atoms with E-state index in [1.165, 1.54) is 0 Å². The van der Waals surface area contributed by atoms with Gasteiger partial charge in [-0.2, -0.15) is 0 Å². The molecule has 0 bridgehead atoms. The number of aliphatic imine (C=N–C) groups is 1. The third kappa shape index (κ3) is 1.76. The predicted molar refractivity (Wildman–Crippen MR) is 75.3 cm³/mol. The topological polar surface area (TPSA) is 44.9 Å². The Balaban J connectivity index is 1.97. The van der Waals surface area contributed by atoms with Crippen molar-refractivity contribution in [2.45, 2.75) is 12.0 Å². The molecule has 0 saturated carbocycles. The molecule has 1 saturated heterocycles. The van der Waals surface area contributed by atoms with Gasteiger partial charge in [0.25, 0.3) is 0 Å². The van der Waals surface area contributed by atoms with Crippen LogP contribution in [0.15, 0.2) is 29.3 Å². The molecule has 2 N–H and O–H groups in total. The molecule has 3 rings (SSSR count). The van der Waals surface area contributed by atoms with Gasteiger partial charge in [0.1, 0.15) is 0 Å². The highest BCUT2D eigenvalue weighted by Gasteiger charge is 2.46. The zero-order valence-corrected chi connectivity index (χ0v) is 11.2. The Hall–Kier alpha value is -1.26. The van der Waals surface area contributed by atoms with Crippen molar-refractivity contribution in [3.63, 3.8) is 0 Å². The third-order valence-electron chi connectivity index (χ3n) is 3.85. The van der Waals surface area contributed by atoms with Gasteiger partial charge >= 0.3 is 0 Å². The summed E-state index contributed by atoms with van der Waals surface area (Å²) in [6.07, 6.45) is 1.09. The predicted octanol–water partition coefficient (Wildman–Crippen LogP) is 1.55. The maximum atomic E-state index is 6.07. The minimum absolute atomic E-state index is 0.0344. The highest BCUT2D eigenvalue weighted by Crippen LogP contribution is 2.35. The minimum atomic E-state index is 0.0344. The number of rotatable bonds is 1. The number of nitrogens with two attached hydrogens (primary N) is 1. The molecule has 5 heteroatoms. The molecule has 0 amide bonds. The Labute approximate surface area is 112 Å². The van der Waals surface area contributed by atoms with Gasteiger partial charge < -0.3 is 15.5 Å². The van der Waals surface area contributed by atoms with Gasteiger partial charge in [0.05, 0.1) is 12.1 Å². The summed E-state index contributed by atoms with van der Waals surface area (Å²) in [6, 6.07) is 7.82. The lowest BCUT2D eigenvalue weighted by Gasteiger charge is -2.35. The maximum Gasteiger partial charge on any atom is 0.196 e. The second-order valence-corrected chi connectivity index (χ2v) is 5.63. The van der Waals surface area contributed by atoms with E-state index in [1.807, 2.05) is 24.3 Å². The Morgan fingerprint density at radius 2 is 2.06 bits per heavy atom. The fraction of sp³-hybridized carbons (Fsp3) is 0.462. The SMILES string of the molecule is CN1CCC2(CN=C(N)N2c2ccc(Cl)cc2)C1. The molecule has 0 aromatic heterocycles. The van der Waals surface area contributed by atoms with Gasteiger partial charge in [0, 0.05) is 23.8 Å². The Kier molecular flexibility index (Phi) is 2.72. The number of anilines is 1. The van der Waals surface area contributed by atoms with Gasteiger partial charge in [-0.05, 0) is 37.7 Å². The van der Waals surface area contributed by atoms with Gasteiger partial charge in [0.2, 0.25) is 0 Å². The van der Waals surface area contributed by atoms with E-state index in [9.17, 15) is 0 Å². The maximum absolute atomic E-state index is 6.07. The van der Waals surface area contributed by atoms with Crippen molar-refractivity contribution in [2.24, 2.45) is 10.7 Å². The molecule has 1 aromatic rings. The van der Waals surface area contributed by atoms with Crippen molar-refractivity contribution in [3.8, 4) is 0 Å². The standard InChI is InChI=1S/C13H17ClN4/c1-17-7-6-13(9-17)8-16-12(15)18(13)11-4-2-10(14)3-5-11/h2-5H,6-9H2,1H3,(H2,15,16). The van der Waals surface area contributed by atoms with Gasteiger partial charge in [-0.15, -0.1) is 0 Å². The summed E-state index contributed by atoms with van der Waals surface area (Å²) >= 11 is 5.94. The van der Waals surface area contributed by atoms with Crippen molar-refractivity contribution < 1.29 is 0 Å². The first kappa shape index (κ1) is 11.8. The number of hydrogen-bond acceptors (Lipinski definition) is 4. The molecule has 0 aliphatic carbocycles. The van der Waals surface area contributed by atoms with Crippen LogP contribution in [0.5, 0.6) is 0 Å². The smallest absolute Gasteiger partial charge is 0.196 e. The Bertz CT molecular complexity index is 484. The molecular weight excluding hydrogens is 248 g/mol. The number of hydrogen-bond donors (Lipinski definition) is 1. The summed E-state index contributed by atoms with van der Waals surface area (Å²) in [5.41, 5.74) is 7.19. The Morgan fingerprint density at radius 1 is 1.33 bits per heavy atom. The van der Waals surface area contributed by atoms with E-state index in [4.69, 9.17) is 17.3 Å². The van der Waals surface area contributed by atoms with Crippen molar-refractivity contribution in [2.75, 3.05) is 31.6 Å². The van der Waals surface area contributed by atoms with Gasteiger partial charge in [-0.1, -0.05) is 11.6 Å². The van der Waals surface area contributed by atoms with Crippen LogP contribution in [-0.4, -0.2) is 43.1 Å². The van der Waals surface area contributed by atoms with E-state index < -0.39 is 0 Å². The van der Waals surface area contributed by atoms with Crippen molar-refractivity contribution in [1.82, 2.24) is 4.90 Å². The largest absolute Gasteiger partial charge is 0.369 e. The minimum Gasteiger partial charge on any atom is -0.369 e. The van der Waals surface area contributed by atoms with Crippen LogP contribution >= 0.6 is 11.6 Å². The Morgan fingerprint density at radius 3 is 2.67 bits per heavy atom. The molecular formula is C13H17ClN4. The first-order valence-electron chi connectivity index (χ1n) is 6.15. The summed E-state index contributed by atoms with van der Waals surface area (Å²) in [5.74, 6) is 0.618. The van der Waals surface area contributed by atoms with Crippen molar-refractivity contribution in [3.05, 3.63) is 29.3 Å². The van der Waals surface area contributed by atoms with E-state index >= 15 is 0 Å². The highest BCUT2D eigenvalue weighted by molar-refractivity contribution is 6.30. The normalized spacial score (nSPS) is 28.1. The van der Waals surface area contributed by atoms with Crippen LogP contribution in [0, 0.1) is 0 Å². The van der Waals surface area contributed by atoms with E-state index in [1.54, 1.807) is 0 Å². The average molecular weight is 265 g/mol. The molecule has 1 aromatic carbocycles. The van der Waals surface area contributed by atoms with Crippen LogP contribution in [0.2, 0.25) is 5.02 Å². The molecule has 18 heavy (non-hydrogen) atoms. The van der Waals surface area contributed by atoms with Crippen LogP contribution < -0.4 is 10.6 Å². The van der Waals surface area contributed by atoms with Gasteiger partial charge in [-0.25, -0.2) is 0 Å².